The van der Waals surface area contributed by atoms with Crippen molar-refractivity contribution in [3.8, 4) is 22.5 Å². The Kier molecular flexibility index (Phi) is 8.45. The summed E-state index contributed by atoms with van der Waals surface area (Å²) in [6, 6.07) is 90.5. The second-order valence-electron chi connectivity index (χ2n) is 16.8. The summed E-state index contributed by atoms with van der Waals surface area (Å²) < 4.78 is 7.59. The van der Waals surface area contributed by atoms with Crippen LogP contribution in [0.5, 0.6) is 0 Å². The van der Waals surface area contributed by atoms with Crippen LogP contribution in [0.25, 0.3) is 86.3 Å². The number of benzene rings is 10. The molecule has 0 aliphatic rings. The van der Waals surface area contributed by atoms with Gasteiger partial charge in [-0.25, -0.2) is 0 Å². The van der Waals surface area contributed by atoms with Crippen molar-refractivity contribution in [3.63, 3.8) is 0 Å². The van der Waals surface area contributed by atoms with Gasteiger partial charge >= 0.3 is 0 Å². The van der Waals surface area contributed by atoms with E-state index in [0.717, 1.165) is 11.4 Å². The highest BCUT2D eigenvalue weighted by molar-refractivity contribution is 7.25. The lowest BCUT2D eigenvalue weighted by atomic mass is 10.0. The first kappa shape index (κ1) is 36.9. The molecule has 0 unspecified atom stereocenters. The third kappa shape index (κ3) is 5.56. The molecule has 0 atom stereocenters. The van der Waals surface area contributed by atoms with Crippen molar-refractivity contribution in [3.05, 3.63) is 243 Å². The van der Waals surface area contributed by atoms with Gasteiger partial charge in [-0.05, 0) is 92.5 Å². The van der Waals surface area contributed by atoms with E-state index >= 15 is 0 Å². The molecule has 0 amide bonds. The molecule has 10 aromatic carbocycles. The Morgan fingerprint density at radius 2 is 0.688 bits per heavy atom. The lowest BCUT2D eigenvalue weighted by molar-refractivity contribution is 1.16. The van der Waals surface area contributed by atoms with Gasteiger partial charge < -0.3 is 9.13 Å². The van der Waals surface area contributed by atoms with Crippen molar-refractivity contribution in [1.82, 2.24) is 9.13 Å². The summed E-state index contributed by atoms with van der Waals surface area (Å²) in [5, 5.41) is 13.1. The van der Waals surface area contributed by atoms with Crippen LogP contribution < -0.4 is 20.7 Å². The number of rotatable bonds is 7. The minimum Gasteiger partial charge on any atom is -0.309 e. The molecule has 64 heavy (non-hydrogen) atoms. The molecule has 0 saturated heterocycles. The maximum atomic E-state index is 2.47. The van der Waals surface area contributed by atoms with Crippen LogP contribution in [0.2, 0.25) is 0 Å². The standard InChI is InChI=1S/C60H40N2SSi/c1-4-16-45(17-5-1)64(46-18-6-2-7-19-46,47-20-8-3-9-21-47)48-33-30-43(31-34-48)61-55-25-13-10-23-50(55)52-36-32-44(40-58(52)61)62-56-26-14-11-22-49(56)51-35-28-42(39-57(51)62)41-29-37-60-54(38-41)53-24-12-15-27-59(53)63-60/h1-40H. The summed E-state index contributed by atoms with van der Waals surface area (Å²) >= 11 is 1.87. The molecule has 0 aliphatic heterocycles. The molecule has 0 aliphatic carbocycles. The molecule has 4 heteroatoms. The van der Waals surface area contributed by atoms with Crippen molar-refractivity contribution in [2.75, 3.05) is 0 Å². The lowest BCUT2D eigenvalue weighted by Gasteiger charge is -2.34. The number of para-hydroxylation sites is 2. The van der Waals surface area contributed by atoms with Gasteiger partial charge in [0.25, 0.3) is 0 Å². The van der Waals surface area contributed by atoms with Crippen LogP contribution in [0, 0.1) is 0 Å². The number of fused-ring (bicyclic) bond motifs is 9. The first-order chi connectivity index (χ1) is 31.7. The van der Waals surface area contributed by atoms with Gasteiger partial charge in [0.15, 0.2) is 8.07 Å². The SMILES string of the molecule is c1ccc([Si](c2ccccc2)(c2ccccc2)c2ccc(-n3c4ccccc4c4ccc(-n5c6ccccc6c6ccc(-c7ccc8sc9ccccc9c8c7)cc65)cc43)cc2)cc1. The molecule has 0 spiro atoms. The molecule has 0 N–H and O–H groups in total. The molecule has 3 aromatic heterocycles. The average Bonchev–Trinajstić information content (AvgIpc) is 4.02. The van der Waals surface area contributed by atoms with E-state index in [-0.39, 0.29) is 0 Å². The van der Waals surface area contributed by atoms with Gasteiger partial charge in [-0.2, -0.15) is 0 Å². The smallest absolute Gasteiger partial charge is 0.179 e. The summed E-state index contributed by atoms with van der Waals surface area (Å²) in [6.07, 6.45) is 0. The van der Waals surface area contributed by atoms with E-state index in [1.165, 1.54) is 95.7 Å². The normalized spacial score (nSPS) is 12.1. The highest BCUT2D eigenvalue weighted by Gasteiger charge is 2.41. The molecule has 300 valence electrons. The second kappa shape index (κ2) is 14.7. The third-order valence-corrected chi connectivity index (χ3v) is 19.4. The van der Waals surface area contributed by atoms with Crippen LogP contribution in [0.1, 0.15) is 0 Å². The molecular formula is C60H40N2SSi. The summed E-state index contributed by atoms with van der Waals surface area (Å²) in [6.45, 7) is 0. The Balaban J connectivity index is 1.00. The van der Waals surface area contributed by atoms with Gasteiger partial charge in [0, 0.05) is 53.1 Å². The number of thiophene rings is 1. The first-order valence-corrected chi connectivity index (χ1v) is 24.8. The predicted octanol–water partition coefficient (Wildman–Crippen LogP) is 13.3. The minimum atomic E-state index is -2.68. The van der Waals surface area contributed by atoms with Gasteiger partial charge in [0.2, 0.25) is 0 Å². The number of hydrogen-bond donors (Lipinski definition) is 0. The van der Waals surface area contributed by atoms with E-state index in [4.69, 9.17) is 0 Å². The molecule has 13 aromatic rings. The summed E-state index contributed by atoms with van der Waals surface area (Å²) in [5.41, 5.74) is 9.50. The largest absolute Gasteiger partial charge is 0.309 e. The summed E-state index contributed by atoms with van der Waals surface area (Å²) in [5.74, 6) is 0. The van der Waals surface area contributed by atoms with Crippen molar-refractivity contribution >= 4 is 104 Å². The zero-order valence-corrected chi connectivity index (χ0v) is 36.7. The van der Waals surface area contributed by atoms with Gasteiger partial charge in [0.05, 0.1) is 22.1 Å². The van der Waals surface area contributed by atoms with E-state index in [1.807, 2.05) is 11.3 Å². The van der Waals surface area contributed by atoms with Gasteiger partial charge in [-0.3, -0.25) is 0 Å². The molecule has 13 rings (SSSR count). The Labute approximate surface area is 376 Å². The van der Waals surface area contributed by atoms with E-state index in [1.54, 1.807) is 0 Å². The third-order valence-electron chi connectivity index (χ3n) is 13.5. The molecule has 0 saturated carbocycles. The van der Waals surface area contributed by atoms with Crippen LogP contribution in [0.3, 0.4) is 0 Å². The fraction of sp³-hybridized carbons (Fsp3) is 0. The number of hydrogen-bond acceptors (Lipinski definition) is 1. The fourth-order valence-electron chi connectivity index (χ4n) is 10.6. The first-order valence-electron chi connectivity index (χ1n) is 22.0. The molecule has 0 radical (unpaired) electrons. The van der Waals surface area contributed by atoms with E-state index in [9.17, 15) is 0 Å². The van der Waals surface area contributed by atoms with E-state index in [2.05, 4.69) is 252 Å². The quantitative estimate of drug-likeness (QED) is 0.112. The van der Waals surface area contributed by atoms with Gasteiger partial charge in [-0.1, -0.05) is 182 Å². The van der Waals surface area contributed by atoms with E-state index < -0.39 is 8.07 Å². The zero-order chi connectivity index (χ0) is 42.2. The molecule has 0 bridgehead atoms. The Hall–Kier alpha value is -7.76. The Morgan fingerprint density at radius 3 is 1.31 bits per heavy atom. The Morgan fingerprint density at radius 1 is 0.266 bits per heavy atom. The monoisotopic (exact) mass is 848 g/mol. The maximum absolute atomic E-state index is 2.68. The molecule has 2 nitrogen and oxygen atoms in total. The van der Waals surface area contributed by atoms with Gasteiger partial charge in [-0.15, -0.1) is 11.3 Å². The lowest BCUT2D eigenvalue weighted by Crippen LogP contribution is -2.74. The van der Waals surface area contributed by atoms with Gasteiger partial charge in [0.1, 0.15) is 0 Å². The summed E-state index contributed by atoms with van der Waals surface area (Å²) in [4.78, 5) is 0. The molecular weight excluding hydrogens is 809 g/mol. The van der Waals surface area contributed by atoms with Crippen molar-refractivity contribution < 1.29 is 0 Å². The molecule has 3 heterocycles. The Bertz CT molecular complexity index is 3790. The van der Waals surface area contributed by atoms with E-state index in [0.29, 0.717) is 0 Å². The topological polar surface area (TPSA) is 9.86 Å². The number of aromatic nitrogens is 2. The van der Waals surface area contributed by atoms with Crippen LogP contribution in [-0.2, 0) is 0 Å². The predicted molar refractivity (Wildman–Crippen MR) is 277 cm³/mol. The van der Waals surface area contributed by atoms with Crippen molar-refractivity contribution in [2.24, 2.45) is 0 Å². The van der Waals surface area contributed by atoms with Crippen LogP contribution >= 0.6 is 11.3 Å². The number of nitrogens with zero attached hydrogens (tertiary/aromatic N) is 2. The van der Waals surface area contributed by atoms with Crippen molar-refractivity contribution in [2.45, 2.75) is 0 Å². The maximum Gasteiger partial charge on any atom is 0.179 e. The highest BCUT2D eigenvalue weighted by atomic mass is 32.1. The minimum absolute atomic E-state index is 1.14. The highest BCUT2D eigenvalue weighted by Crippen LogP contribution is 2.40. The average molecular weight is 849 g/mol. The fourth-order valence-corrected chi connectivity index (χ4v) is 16.5. The van der Waals surface area contributed by atoms with Crippen molar-refractivity contribution in [1.29, 1.82) is 0 Å². The van der Waals surface area contributed by atoms with Crippen LogP contribution in [0.15, 0.2) is 243 Å². The summed E-state index contributed by atoms with van der Waals surface area (Å²) in [7, 11) is -2.68. The van der Waals surface area contributed by atoms with Crippen LogP contribution in [-0.4, -0.2) is 17.2 Å². The molecule has 0 fully saturated rings. The second-order valence-corrected chi connectivity index (χ2v) is 21.7. The van der Waals surface area contributed by atoms with Crippen LogP contribution in [0.4, 0.5) is 0 Å². The zero-order valence-electron chi connectivity index (χ0n) is 34.9.